The molecule has 0 spiro atoms. The number of nitrogens with one attached hydrogen (secondary N) is 3. The molecule has 2 aromatic heterocycles. The van der Waals surface area contributed by atoms with E-state index in [1.54, 1.807) is 22.8 Å². The number of aromatic amines is 1. The van der Waals surface area contributed by atoms with Crippen LogP contribution >= 0.6 is 23.2 Å². The third-order valence-corrected chi connectivity index (χ3v) is 5.44. The molecule has 0 unspecified atom stereocenters. The van der Waals surface area contributed by atoms with Crippen LogP contribution in [0.3, 0.4) is 0 Å². The van der Waals surface area contributed by atoms with Gasteiger partial charge < -0.3 is 15.6 Å². The number of aromatic nitrogens is 3. The largest absolute Gasteiger partial charge is 0.370 e. The third-order valence-electron chi connectivity index (χ3n) is 4.73. The van der Waals surface area contributed by atoms with Crippen LogP contribution in [0.2, 0.25) is 10.0 Å². The summed E-state index contributed by atoms with van der Waals surface area (Å²) in [6.45, 7) is 3.21. The molecule has 3 heterocycles. The van der Waals surface area contributed by atoms with E-state index in [1.165, 1.54) is 0 Å². The molecule has 0 bridgehead atoms. The van der Waals surface area contributed by atoms with Gasteiger partial charge in [0.2, 0.25) is 0 Å². The van der Waals surface area contributed by atoms with Crippen molar-refractivity contribution >= 4 is 40.2 Å². The van der Waals surface area contributed by atoms with Crippen LogP contribution in [0.1, 0.15) is 12.0 Å². The minimum Gasteiger partial charge on any atom is -0.370 e. The molecule has 26 heavy (non-hydrogen) atoms. The molecular weight excluding hydrogens is 373 g/mol. The van der Waals surface area contributed by atoms with Crippen LogP contribution in [-0.4, -0.2) is 34.2 Å². The zero-order chi connectivity index (χ0) is 18.1. The van der Waals surface area contributed by atoms with Gasteiger partial charge in [-0.05, 0) is 49.7 Å². The van der Waals surface area contributed by atoms with Gasteiger partial charge in [-0.15, -0.1) is 0 Å². The minimum absolute atomic E-state index is 0.236. The Morgan fingerprint density at radius 1 is 1.23 bits per heavy atom. The number of fused-ring (bicyclic) bond motifs is 1. The molecule has 3 N–H and O–H groups in total. The summed E-state index contributed by atoms with van der Waals surface area (Å²) < 4.78 is 1.56. The van der Waals surface area contributed by atoms with Crippen molar-refractivity contribution in [3.05, 3.63) is 56.4 Å². The van der Waals surface area contributed by atoms with E-state index in [4.69, 9.17) is 23.2 Å². The Balaban J connectivity index is 1.64. The average Bonchev–Trinajstić information content (AvgIpc) is 3.24. The second kappa shape index (κ2) is 7.31. The molecule has 1 fully saturated rings. The first kappa shape index (κ1) is 17.4. The number of nitrogens with zero attached hydrogens (tertiary/aromatic N) is 2. The molecule has 4 rings (SSSR count). The molecule has 0 saturated carbocycles. The summed E-state index contributed by atoms with van der Waals surface area (Å²) in [6, 6.07) is 9.05. The van der Waals surface area contributed by atoms with Crippen molar-refractivity contribution in [1.82, 2.24) is 19.9 Å². The first-order valence-electron chi connectivity index (χ1n) is 8.59. The SMILES string of the molecule is O=c1[nH]c2ccc(NC[C@H]3CCNC3)nc2n1Cc1c(Cl)cccc1Cl. The lowest BCUT2D eigenvalue weighted by atomic mass is 10.1. The van der Waals surface area contributed by atoms with Gasteiger partial charge in [0.25, 0.3) is 0 Å². The Bertz CT molecular complexity index is 971. The maximum absolute atomic E-state index is 12.4. The average molecular weight is 392 g/mol. The van der Waals surface area contributed by atoms with Crippen LogP contribution in [0.25, 0.3) is 11.2 Å². The molecule has 1 saturated heterocycles. The Labute approximate surface area is 160 Å². The fraction of sp³-hybridized carbons (Fsp3) is 0.333. The number of hydrogen-bond donors (Lipinski definition) is 3. The van der Waals surface area contributed by atoms with E-state index < -0.39 is 0 Å². The quantitative estimate of drug-likeness (QED) is 0.624. The lowest BCUT2D eigenvalue weighted by Gasteiger charge is -2.11. The van der Waals surface area contributed by atoms with E-state index in [-0.39, 0.29) is 12.2 Å². The van der Waals surface area contributed by atoms with Crippen molar-refractivity contribution < 1.29 is 0 Å². The Kier molecular flexibility index (Phi) is 4.89. The number of H-pyrrole nitrogens is 1. The van der Waals surface area contributed by atoms with Gasteiger partial charge in [-0.3, -0.25) is 4.57 Å². The van der Waals surface area contributed by atoms with E-state index in [0.29, 0.717) is 32.7 Å². The molecule has 0 aliphatic carbocycles. The van der Waals surface area contributed by atoms with E-state index in [1.807, 2.05) is 12.1 Å². The van der Waals surface area contributed by atoms with Crippen molar-refractivity contribution in [2.45, 2.75) is 13.0 Å². The molecule has 3 aromatic rings. The van der Waals surface area contributed by atoms with Gasteiger partial charge >= 0.3 is 5.69 Å². The van der Waals surface area contributed by atoms with Gasteiger partial charge in [-0.25, -0.2) is 9.78 Å². The molecule has 1 aliphatic heterocycles. The number of hydrogen-bond acceptors (Lipinski definition) is 4. The molecule has 1 aliphatic rings. The van der Waals surface area contributed by atoms with E-state index in [9.17, 15) is 4.79 Å². The fourth-order valence-corrected chi connectivity index (χ4v) is 3.77. The summed E-state index contributed by atoms with van der Waals surface area (Å²) in [5, 5.41) is 7.78. The van der Waals surface area contributed by atoms with E-state index in [0.717, 1.165) is 31.9 Å². The van der Waals surface area contributed by atoms with Gasteiger partial charge in [0.1, 0.15) is 5.82 Å². The monoisotopic (exact) mass is 391 g/mol. The molecule has 136 valence electrons. The number of benzene rings is 1. The van der Waals surface area contributed by atoms with Crippen molar-refractivity contribution in [3.63, 3.8) is 0 Å². The standard InChI is InChI=1S/C18H19Cl2N5O/c19-13-2-1-3-14(20)12(13)10-25-17-15(23-18(25)26)4-5-16(24-17)22-9-11-6-7-21-8-11/h1-5,11,21H,6-10H2,(H,22,24)(H,23,26)/t11-/m0/s1. The molecule has 8 heteroatoms. The van der Waals surface area contributed by atoms with Gasteiger partial charge in [0, 0.05) is 22.2 Å². The van der Waals surface area contributed by atoms with Crippen LogP contribution in [0.4, 0.5) is 5.82 Å². The maximum Gasteiger partial charge on any atom is 0.327 e. The smallest absolute Gasteiger partial charge is 0.327 e. The fourth-order valence-electron chi connectivity index (χ4n) is 3.25. The highest BCUT2D eigenvalue weighted by Gasteiger charge is 2.16. The highest BCUT2D eigenvalue weighted by molar-refractivity contribution is 6.36. The molecule has 1 aromatic carbocycles. The third kappa shape index (κ3) is 3.45. The number of pyridine rings is 1. The number of rotatable bonds is 5. The van der Waals surface area contributed by atoms with Crippen LogP contribution in [-0.2, 0) is 6.54 Å². The van der Waals surface area contributed by atoms with Crippen molar-refractivity contribution in [2.75, 3.05) is 25.0 Å². The second-order valence-electron chi connectivity index (χ2n) is 6.52. The van der Waals surface area contributed by atoms with E-state index in [2.05, 4.69) is 20.6 Å². The van der Waals surface area contributed by atoms with Gasteiger partial charge in [-0.2, -0.15) is 0 Å². The van der Waals surface area contributed by atoms with Crippen molar-refractivity contribution in [1.29, 1.82) is 0 Å². The van der Waals surface area contributed by atoms with Crippen molar-refractivity contribution in [2.24, 2.45) is 5.92 Å². The number of halogens is 2. The maximum atomic E-state index is 12.4. The van der Waals surface area contributed by atoms with Crippen LogP contribution in [0.5, 0.6) is 0 Å². The van der Waals surface area contributed by atoms with E-state index >= 15 is 0 Å². The number of imidazole rings is 1. The highest BCUT2D eigenvalue weighted by Crippen LogP contribution is 2.25. The molecule has 1 atom stereocenters. The van der Waals surface area contributed by atoms with Gasteiger partial charge in [-0.1, -0.05) is 29.3 Å². The number of anilines is 1. The topological polar surface area (TPSA) is 74.7 Å². The first-order chi connectivity index (χ1) is 12.6. The minimum atomic E-state index is -0.236. The Hall–Kier alpha value is -2.02. The first-order valence-corrected chi connectivity index (χ1v) is 9.34. The predicted molar refractivity (Wildman–Crippen MR) is 105 cm³/mol. The second-order valence-corrected chi connectivity index (χ2v) is 7.34. The lowest BCUT2D eigenvalue weighted by Crippen LogP contribution is -2.19. The van der Waals surface area contributed by atoms with Crippen LogP contribution in [0, 0.1) is 5.92 Å². The molecule has 0 radical (unpaired) electrons. The van der Waals surface area contributed by atoms with Gasteiger partial charge in [0.05, 0.1) is 12.1 Å². The van der Waals surface area contributed by atoms with Crippen LogP contribution in [0.15, 0.2) is 35.1 Å². The predicted octanol–water partition coefficient (Wildman–Crippen LogP) is 3.10. The summed E-state index contributed by atoms with van der Waals surface area (Å²) in [6.07, 6.45) is 1.16. The summed E-state index contributed by atoms with van der Waals surface area (Å²) >= 11 is 12.5. The highest BCUT2D eigenvalue weighted by atomic mass is 35.5. The summed E-state index contributed by atoms with van der Waals surface area (Å²) in [5.41, 5.74) is 1.74. The Morgan fingerprint density at radius 3 is 2.77 bits per heavy atom. The van der Waals surface area contributed by atoms with Crippen molar-refractivity contribution in [3.8, 4) is 0 Å². The molecule has 6 nitrogen and oxygen atoms in total. The summed E-state index contributed by atoms with van der Waals surface area (Å²) in [5.74, 6) is 1.35. The Morgan fingerprint density at radius 2 is 2.04 bits per heavy atom. The molecular formula is C18H19Cl2N5O. The normalized spacial score (nSPS) is 17.1. The summed E-state index contributed by atoms with van der Waals surface area (Å²) in [4.78, 5) is 19.9. The van der Waals surface area contributed by atoms with Gasteiger partial charge in [0.15, 0.2) is 5.65 Å². The lowest BCUT2D eigenvalue weighted by molar-refractivity contribution is 0.614. The zero-order valence-corrected chi connectivity index (χ0v) is 15.6. The zero-order valence-electron chi connectivity index (χ0n) is 14.1. The molecule has 0 amide bonds. The van der Waals surface area contributed by atoms with Crippen LogP contribution < -0.4 is 16.3 Å². The summed E-state index contributed by atoms with van der Waals surface area (Å²) in [7, 11) is 0.